The van der Waals surface area contributed by atoms with Crippen LogP contribution in [0, 0.1) is 23.8 Å². The molecule has 2 aliphatic carbocycles. The second-order valence-corrected chi connectivity index (χ2v) is 25.1. The van der Waals surface area contributed by atoms with Gasteiger partial charge in [0.15, 0.2) is 0 Å². The Balaban J connectivity index is 0.00000694. The van der Waals surface area contributed by atoms with Gasteiger partial charge in [-0.15, -0.1) is 29.1 Å². The van der Waals surface area contributed by atoms with Gasteiger partial charge in [-0.3, -0.25) is 0 Å². The third-order valence-electron chi connectivity index (χ3n) is 17.8. The van der Waals surface area contributed by atoms with E-state index >= 15 is 8.78 Å². The van der Waals surface area contributed by atoms with Crippen molar-refractivity contribution in [1.82, 2.24) is 18.7 Å². The van der Waals surface area contributed by atoms with Crippen molar-refractivity contribution in [3.63, 3.8) is 0 Å². The number of fused-ring (bicyclic) bond motifs is 4. The smallest absolute Gasteiger partial charge is 0.509 e. The van der Waals surface area contributed by atoms with Gasteiger partial charge < -0.3 is 9.30 Å². The first kappa shape index (κ1) is 56.9. The maximum absolute atomic E-state index is 15.5. The van der Waals surface area contributed by atoms with Gasteiger partial charge in [0.25, 0.3) is 11.4 Å². The molecule has 2 saturated carbocycles. The molecule has 3 heterocycles. The molecule has 0 spiro atoms. The number of aromatic nitrogens is 2. The standard InChI is InChI=1S/C76H72F2N4O.Pt/c1-48(2)52-36-53(49(3)4)38-54(37-52)65-27-19-28-66(55-39-58(77)44-59(78)40-55)75(65)81-47-80(70-30-16-17-31-71(70)81)60-41-56(74-63(50-20-10-8-11-21-50)25-18-26-64(74)51-22-12-9-13-23-51)42-62(45-60)83-61-32-33-68-67-24-14-15-29-69(67)82(72(68)46-61)73-43-57(34-35-79-73)76(5,6)7;/h14-19,24-44,48-51H,8-13,20-23H2,1-7H3;/q;+2. The molecule has 0 N–H and O–H groups in total. The molecular formula is C76H72F2N4OPt+2. The number of hydrogen-bond acceptors (Lipinski definition) is 2. The average Bonchev–Trinajstić information content (AvgIpc) is 2.24. The summed E-state index contributed by atoms with van der Waals surface area (Å²) in [6.45, 7) is 15.6. The Morgan fingerprint density at radius 1 is 0.571 bits per heavy atom. The predicted molar refractivity (Wildman–Crippen MR) is 338 cm³/mol. The average molecular weight is 1290 g/mol. The third kappa shape index (κ3) is 11.0. The summed E-state index contributed by atoms with van der Waals surface area (Å²) in [5.41, 5.74) is 17.0. The van der Waals surface area contributed by atoms with Gasteiger partial charge in [-0.2, -0.15) is 6.07 Å². The van der Waals surface area contributed by atoms with Gasteiger partial charge in [0.05, 0.1) is 11.1 Å². The number of benzene rings is 8. The number of hydrogen-bond donors (Lipinski definition) is 0. The van der Waals surface area contributed by atoms with Gasteiger partial charge in [0.1, 0.15) is 23.1 Å². The molecule has 8 heteroatoms. The van der Waals surface area contributed by atoms with Gasteiger partial charge in [-0.05, 0) is 152 Å². The number of nitrogens with zero attached hydrogens (tertiary/aromatic N) is 4. The second kappa shape index (κ2) is 23.5. The normalized spacial score (nSPS) is 14.9. The Bertz CT molecular complexity index is 4140. The van der Waals surface area contributed by atoms with Crippen molar-refractivity contribution in [2.75, 3.05) is 0 Å². The molecule has 2 fully saturated rings. The fourth-order valence-corrected chi connectivity index (χ4v) is 13.4. The molecule has 0 amide bonds. The quantitative estimate of drug-likeness (QED) is 0.0902. The van der Waals surface area contributed by atoms with E-state index in [4.69, 9.17) is 9.72 Å². The molecule has 84 heavy (non-hydrogen) atoms. The zero-order valence-corrected chi connectivity index (χ0v) is 51.5. The van der Waals surface area contributed by atoms with Crippen molar-refractivity contribution in [1.29, 1.82) is 0 Å². The Morgan fingerprint density at radius 2 is 1.17 bits per heavy atom. The summed E-state index contributed by atoms with van der Waals surface area (Å²) < 4.78 is 44.6. The number of pyridine rings is 1. The van der Waals surface area contributed by atoms with E-state index in [-0.39, 0.29) is 38.3 Å². The van der Waals surface area contributed by atoms with Crippen LogP contribution in [-0.4, -0.2) is 15.6 Å². The van der Waals surface area contributed by atoms with Crippen molar-refractivity contribution in [3.8, 4) is 50.7 Å². The zero-order chi connectivity index (χ0) is 57.1. The third-order valence-corrected chi connectivity index (χ3v) is 17.8. The fourth-order valence-electron chi connectivity index (χ4n) is 13.4. The van der Waals surface area contributed by atoms with Crippen LogP contribution in [0.5, 0.6) is 11.5 Å². The maximum Gasteiger partial charge on any atom is 2.00 e. The van der Waals surface area contributed by atoms with Crippen LogP contribution in [0.4, 0.5) is 31.5 Å². The van der Waals surface area contributed by atoms with Crippen LogP contribution in [0.25, 0.3) is 61.0 Å². The van der Waals surface area contributed by atoms with Crippen LogP contribution in [0.2, 0.25) is 0 Å². The van der Waals surface area contributed by atoms with Crippen LogP contribution >= 0.6 is 0 Å². The molecule has 0 bridgehead atoms. The summed E-state index contributed by atoms with van der Waals surface area (Å²) in [7, 11) is 0. The summed E-state index contributed by atoms with van der Waals surface area (Å²) in [6.07, 6.45) is 14.0. The SMILES string of the molecule is CC(C)c1cc(-c2cccc(-c3cc(F)cc(F)c3)c2[N+]2=C=[N+](c3[c-]c(Oc4[c-]c5c(cc4)c4ccccc4n5-c4cc(C(C)(C)C)ccn4)cc(-c4c(C5CCCCC5)cccc4C4CCCCC4)c3)c3ccccc32)cc(C(C)C)c1.[Pt+2]. The van der Waals surface area contributed by atoms with Gasteiger partial charge in [-0.25, -0.2) is 13.8 Å². The maximum atomic E-state index is 15.5. The van der Waals surface area contributed by atoms with Crippen LogP contribution < -0.4 is 13.9 Å². The van der Waals surface area contributed by atoms with Crippen molar-refractivity contribution < 1.29 is 34.6 Å². The molecule has 3 aliphatic rings. The topological polar surface area (TPSA) is 33.1 Å². The first-order valence-electron chi connectivity index (χ1n) is 30.2. The summed E-state index contributed by atoms with van der Waals surface area (Å²) in [5, 5.41) is 2.17. The second-order valence-electron chi connectivity index (χ2n) is 25.1. The largest absolute Gasteiger partial charge is 2.00 e. The van der Waals surface area contributed by atoms with E-state index in [2.05, 4.69) is 196 Å². The Labute approximate surface area is 508 Å². The zero-order valence-electron chi connectivity index (χ0n) is 49.2. The minimum absolute atomic E-state index is 0. The summed E-state index contributed by atoms with van der Waals surface area (Å²) in [6, 6.07) is 65.1. The minimum atomic E-state index is -0.638. The molecule has 0 radical (unpaired) electrons. The van der Waals surface area contributed by atoms with Crippen LogP contribution in [0.3, 0.4) is 0 Å². The first-order chi connectivity index (χ1) is 40.2. The van der Waals surface area contributed by atoms with Gasteiger partial charge in [0.2, 0.25) is 5.69 Å². The molecule has 0 unspecified atom stereocenters. The van der Waals surface area contributed by atoms with E-state index in [9.17, 15) is 0 Å². The van der Waals surface area contributed by atoms with E-state index in [0.29, 0.717) is 34.5 Å². The van der Waals surface area contributed by atoms with Gasteiger partial charge in [-0.1, -0.05) is 182 Å². The molecule has 10 aromatic rings. The van der Waals surface area contributed by atoms with Crippen molar-refractivity contribution in [2.24, 2.45) is 0 Å². The fraction of sp³-hybridized carbons (Fsp3) is 0.289. The van der Waals surface area contributed by atoms with Crippen LogP contribution in [0.1, 0.15) is 164 Å². The van der Waals surface area contributed by atoms with Gasteiger partial charge >= 0.3 is 27.1 Å². The Hall–Kier alpha value is -7.56. The number of ether oxygens (including phenoxy) is 1. The number of halogens is 2. The molecule has 424 valence electrons. The Morgan fingerprint density at radius 3 is 1.80 bits per heavy atom. The van der Waals surface area contributed by atoms with E-state index in [0.717, 1.165) is 73.1 Å². The van der Waals surface area contributed by atoms with Crippen LogP contribution in [-0.2, 0) is 26.5 Å². The molecule has 8 aromatic carbocycles. The van der Waals surface area contributed by atoms with Crippen molar-refractivity contribution in [3.05, 3.63) is 216 Å². The van der Waals surface area contributed by atoms with E-state index < -0.39 is 11.6 Å². The van der Waals surface area contributed by atoms with Crippen LogP contribution in [0.15, 0.2) is 164 Å². The number of rotatable bonds is 12. The first-order valence-corrected chi connectivity index (χ1v) is 30.2. The Kier molecular flexibility index (Phi) is 15.9. The minimum Gasteiger partial charge on any atom is -0.509 e. The summed E-state index contributed by atoms with van der Waals surface area (Å²) >= 11 is 0. The van der Waals surface area contributed by atoms with Crippen molar-refractivity contribution in [2.45, 2.75) is 142 Å². The van der Waals surface area contributed by atoms with Crippen molar-refractivity contribution >= 4 is 50.6 Å². The molecule has 5 nitrogen and oxygen atoms in total. The predicted octanol–water partition coefficient (Wildman–Crippen LogP) is 21.3. The molecule has 1 aliphatic heterocycles. The molecule has 13 rings (SSSR count). The number of para-hydroxylation sites is 4. The summed E-state index contributed by atoms with van der Waals surface area (Å²) in [5.74, 6) is 2.08. The van der Waals surface area contributed by atoms with E-state index in [1.165, 1.54) is 110 Å². The summed E-state index contributed by atoms with van der Waals surface area (Å²) in [4.78, 5) is 4.97. The molecular weight excluding hydrogens is 1220 g/mol. The molecule has 0 saturated heterocycles. The van der Waals surface area contributed by atoms with E-state index in [1.807, 2.05) is 30.5 Å². The van der Waals surface area contributed by atoms with E-state index in [1.54, 1.807) is 0 Å². The monoisotopic (exact) mass is 1290 g/mol. The molecule has 0 atom stereocenters. The van der Waals surface area contributed by atoms with Gasteiger partial charge in [0, 0.05) is 41.4 Å². The molecule has 2 aromatic heterocycles.